The van der Waals surface area contributed by atoms with Crippen molar-refractivity contribution in [3.63, 3.8) is 0 Å². The van der Waals surface area contributed by atoms with Gasteiger partial charge in [0.2, 0.25) is 0 Å². The van der Waals surface area contributed by atoms with Gasteiger partial charge in [-0.3, -0.25) is 0 Å². The zero-order chi connectivity index (χ0) is 15.0. The first-order valence-electron chi connectivity index (χ1n) is 5.86. The molecule has 0 aromatic rings. The minimum atomic E-state index is -4.01. The molecule has 0 aliphatic carbocycles. The molecule has 112 valence electrons. The molecule has 19 heavy (non-hydrogen) atoms. The Labute approximate surface area is 157 Å². The first kappa shape index (κ1) is 25.4. The van der Waals surface area contributed by atoms with Gasteiger partial charge >= 0.3 is 48.9 Å². The summed E-state index contributed by atoms with van der Waals surface area (Å²) < 4.78 is 61.0. The van der Waals surface area contributed by atoms with Crippen LogP contribution in [0.4, 0.5) is 0 Å². The maximum atomic E-state index is 10.2. The third-order valence-electron chi connectivity index (χ3n) is 2.38. The van der Waals surface area contributed by atoms with Gasteiger partial charge in [0.25, 0.3) is 0 Å². The molecule has 2 atom stereocenters. The second kappa shape index (κ2) is 12.0. The second-order valence-electron chi connectivity index (χ2n) is 4.18. The van der Waals surface area contributed by atoms with E-state index in [1.54, 1.807) is 0 Å². The molecular formula is C10H22BaO6S2. The third-order valence-corrected chi connectivity index (χ3v) is 4.82. The average molecular weight is 440 g/mol. The van der Waals surface area contributed by atoms with Crippen molar-refractivity contribution in [1.82, 2.24) is 0 Å². The van der Waals surface area contributed by atoms with Gasteiger partial charge in [-0.15, -0.1) is 0 Å². The number of hydrogen-bond donors (Lipinski definition) is 0. The van der Waals surface area contributed by atoms with Gasteiger partial charge in [-0.1, -0.05) is 26.7 Å². The van der Waals surface area contributed by atoms with E-state index in [1.807, 2.05) is 13.8 Å². The van der Waals surface area contributed by atoms with Crippen molar-refractivity contribution in [2.24, 2.45) is 0 Å². The van der Waals surface area contributed by atoms with E-state index in [0.717, 1.165) is 12.8 Å². The molecule has 0 amide bonds. The van der Waals surface area contributed by atoms with E-state index >= 15 is 0 Å². The van der Waals surface area contributed by atoms with Gasteiger partial charge in [0.1, 0.15) is 0 Å². The molecule has 0 fully saturated rings. The van der Waals surface area contributed by atoms with E-state index < -0.39 is 30.7 Å². The molecule has 0 radical (unpaired) electrons. The Morgan fingerprint density at radius 2 is 1.00 bits per heavy atom. The van der Waals surface area contributed by atoms with Crippen LogP contribution < -0.4 is 0 Å². The monoisotopic (exact) mass is 440 g/mol. The number of hydrogen-bond acceptors (Lipinski definition) is 6. The minimum absolute atomic E-state index is 0. The summed E-state index contributed by atoms with van der Waals surface area (Å²) in [6, 6.07) is 0. The number of rotatable bonds is 6. The molecule has 0 heterocycles. The second-order valence-corrected chi connectivity index (χ2v) is 7.76. The Morgan fingerprint density at radius 3 is 1.05 bits per heavy atom. The molecular weight excluding hydrogens is 418 g/mol. The molecule has 0 aromatic heterocycles. The first-order chi connectivity index (χ1) is 7.96. The topological polar surface area (TPSA) is 114 Å². The van der Waals surface area contributed by atoms with Gasteiger partial charge in [-0.2, -0.15) is 0 Å². The van der Waals surface area contributed by atoms with Crippen LogP contribution in [0.3, 0.4) is 0 Å². The third kappa shape index (κ3) is 15.6. The van der Waals surface area contributed by atoms with Crippen molar-refractivity contribution in [1.29, 1.82) is 0 Å². The fraction of sp³-hybridized carbons (Fsp3) is 1.00. The molecule has 0 aliphatic heterocycles. The van der Waals surface area contributed by atoms with Crippen LogP contribution in [-0.4, -0.2) is 85.3 Å². The van der Waals surface area contributed by atoms with E-state index in [1.165, 1.54) is 13.8 Å². The summed E-state index contributed by atoms with van der Waals surface area (Å²) in [7, 11) is -8.03. The summed E-state index contributed by atoms with van der Waals surface area (Å²) in [4.78, 5) is 0. The van der Waals surface area contributed by atoms with Gasteiger partial charge in [-0.05, 0) is 26.7 Å². The van der Waals surface area contributed by atoms with Crippen molar-refractivity contribution in [3.05, 3.63) is 0 Å². The minimum Gasteiger partial charge on any atom is -0.748 e. The molecule has 0 aromatic carbocycles. The molecule has 0 spiro atoms. The Morgan fingerprint density at radius 1 is 0.789 bits per heavy atom. The van der Waals surface area contributed by atoms with E-state index in [0.29, 0.717) is 12.8 Å². The zero-order valence-electron chi connectivity index (χ0n) is 12.0. The molecule has 0 bridgehead atoms. The fourth-order valence-electron chi connectivity index (χ4n) is 1.10. The molecule has 0 unspecified atom stereocenters. The van der Waals surface area contributed by atoms with Crippen LogP contribution in [0.15, 0.2) is 0 Å². The summed E-state index contributed by atoms with van der Waals surface area (Å²) in [5.41, 5.74) is 0. The standard InChI is InChI=1S/2C5H12O3S.Ba/c2*1-3-4-5(2)9(6,7)8;/h2*5H,3-4H2,1-2H3,(H,6,7,8);/q;;+2/p-2/t2*5-;/m11./s1. The van der Waals surface area contributed by atoms with E-state index in [2.05, 4.69) is 0 Å². The summed E-state index contributed by atoms with van der Waals surface area (Å²) in [5, 5.41) is -1.44. The largest absolute Gasteiger partial charge is 2.00 e. The van der Waals surface area contributed by atoms with Crippen molar-refractivity contribution >= 4 is 69.1 Å². The molecule has 0 saturated heterocycles. The summed E-state index contributed by atoms with van der Waals surface area (Å²) in [6.45, 7) is 6.57. The van der Waals surface area contributed by atoms with Crippen LogP contribution in [0.25, 0.3) is 0 Å². The molecule has 6 nitrogen and oxygen atoms in total. The molecule has 0 rings (SSSR count). The smallest absolute Gasteiger partial charge is 0.748 e. The summed E-state index contributed by atoms with van der Waals surface area (Å²) >= 11 is 0. The maximum absolute atomic E-state index is 10.2. The van der Waals surface area contributed by atoms with Gasteiger partial charge in [-0.25, -0.2) is 16.8 Å². The molecule has 9 heteroatoms. The average Bonchev–Trinajstić information content (AvgIpc) is 2.16. The molecule has 0 aliphatic rings. The quantitative estimate of drug-likeness (QED) is 0.451. The van der Waals surface area contributed by atoms with Crippen molar-refractivity contribution in [2.45, 2.75) is 63.9 Å². The molecule has 0 N–H and O–H groups in total. The van der Waals surface area contributed by atoms with Crippen LogP contribution in [0.1, 0.15) is 53.4 Å². The van der Waals surface area contributed by atoms with E-state index in [-0.39, 0.29) is 48.9 Å². The Hall–Kier alpha value is 1.39. The molecule has 0 saturated carbocycles. The van der Waals surface area contributed by atoms with Gasteiger partial charge in [0, 0.05) is 10.5 Å². The maximum Gasteiger partial charge on any atom is 2.00 e. The normalized spacial score (nSPS) is 14.6. The predicted molar refractivity (Wildman–Crippen MR) is 73.9 cm³/mol. The van der Waals surface area contributed by atoms with Gasteiger partial charge in [0.15, 0.2) is 0 Å². The van der Waals surface area contributed by atoms with Crippen LogP contribution >= 0.6 is 0 Å². The Balaban J connectivity index is -0.000000256. The SMILES string of the molecule is CCC[C@@H](C)S(=O)(=O)[O-].CCC[C@@H](C)S(=O)(=O)[O-].[Ba+2]. The van der Waals surface area contributed by atoms with Crippen LogP contribution in [0.5, 0.6) is 0 Å². The van der Waals surface area contributed by atoms with Gasteiger partial charge in [0.05, 0.1) is 20.2 Å². The first-order valence-corrected chi connectivity index (χ1v) is 8.80. The van der Waals surface area contributed by atoms with Crippen LogP contribution in [0, 0.1) is 0 Å². The van der Waals surface area contributed by atoms with E-state index in [9.17, 15) is 25.9 Å². The van der Waals surface area contributed by atoms with Gasteiger partial charge < -0.3 is 9.11 Å². The Kier molecular flexibility index (Phi) is 16.0. The van der Waals surface area contributed by atoms with Crippen LogP contribution in [0.2, 0.25) is 0 Å². The Bertz CT molecular complexity index is 364. The van der Waals surface area contributed by atoms with Crippen molar-refractivity contribution < 1.29 is 25.9 Å². The van der Waals surface area contributed by atoms with E-state index in [4.69, 9.17) is 0 Å². The predicted octanol–water partition coefficient (Wildman–Crippen LogP) is 1.06. The summed E-state index contributed by atoms with van der Waals surface area (Å²) in [6.07, 6.45) is 2.41. The van der Waals surface area contributed by atoms with Crippen molar-refractivity contribution in [2.75, 3.05) is 0 Å². The van der Waals surface area contributed by atoms with Crippen LogP contribution in [-0.2, 0) is 20.2 Å². The fourth-order valence-corrected chi connectivity index (χ4v) is 2.15. The zero-order valence-corrected chi connectivity index (χ0v) is 18.0. The summed E-state index contributed by atoms with van der Waals surface area (Å²) in [5.74, 6) is 0. The van der Waals surface area contributed by atoms with Crippen molar-refractivity contribution in [3.8, 4) is 0 Å².